The largest absolute Gasteiger partial charge is 0.444 e. The summed E-state index contributed by atoms with van der Waals surface area (Å²) >= 11 is 0. The summed E-state index contributed by atoms with van der Waals surface area (Å²) < 4.78 is 5.57. The monoisotopic (exact) mass is 333 g/mol. The molecule has 1 N–H and O–H groups in total. The fraction of sp³-hybridized carbons (Fsp3) is 0.684. The summed E-state index contributed by atoms with van der Waals surface area (Å²) in [5, 5.41) is 3.32. The molecule has 0 unspecified atom stereocenters. The van der Waals surface area contributed by atoms with Gasteiger partial charge >= 0.3 is 6.09 Å². The minimum absolute atomic E-state index is 0.0558. The van der Waals surface area contributed by atoms with Crippen LogP contribution in [-0.4, -0.2) is 34.7 Å². The van der Waals surface area contributed by atoms with Crippen molar-refractivity contribution >= 4 is 11.9 Å². The molecule has 2 rings (SSSR count). The number of amides is 1. The molecule has 1 aliphatic heterocycles. The van der Waals surface area contributed by atoms with E-state index in [9.17, 15) is 4.79 Å². The lowest BCUT2D eigenvalue weighted by Crippen LogP contribution is -2.41. The first-order valence-corrected chi connectivity index (χ1v) is 8.95. The number of carbonyl (C=O) groups excluding carboxylic acids is 1. The summed E-state index contributed by atoms with van der Waals surface area (Å²) in [5.74, 6) is 1.46. The van der Waals surface area contributed by atoms with E-state index in [0.717, 1.165) is 43.7 Å². The standard InChI is InChI=1S/C19H31N3O2/c1-14(2)12-20-17-10-9-15(13-21-17)16-8-6-7-11-22(16)18(23)24-19(3,4)5/h9-10,13-14,16H,6-8,11-12H2,1-5H3,(H,20,21)/t16-/m1/s1. The summed E-state index contributed by atoms with van der Waals surface area (Å²) in [4.78, 5) is 18.9. The first kappa shape index (κ1) is 18.6. The maximum absolute atomic E-state index is 12.5. The Morgan fingerprint density at radius 2 is 2.12 bits per heavy atom. The van der Waals surface area contributed by atoms with Gasteiger partial charge in [-0.05, 0) is 57.6 Å². The zero-order valence-electron chi connectivity index (χ0n) is 15.6. The number of nitrogens with one attached hydrogen (secondary N) is 1. The summed E-state index contributed by atoms with van der Waals surface area (Å²) in [6, 6.07) is 4.13. The van der Waals surface area contributed by atoms with Gasteiger partial charge in [0, 0.05) is 19.3 Å². The summed E-state index contributed by atoms with van der Waals surface area (Å²) in [7, 11) is 0. The second-order valence-electron chi connectivity index (χ2n) is 7.94. The van der Waals surface area contributed by atoms with E-state index in [1.165, 1.54) is 0 Å². The van der Waals surface area contributed by atoms with Gasteiger partial charge in [0.05, 0.1) is 6.04 Å². The van der Waals surface area contributed by atoms with Crippen molar-refractivity contribution in [1.82, 2.24) is 9.88 Å². The van der Waals surface area contributed by atoms with Crippen molar-refractivity contribution in [2.24, 2.45) is 5.92 Å². The lowest BCUT2D eigenvalue weighted by Gasteiger charge is -2.36. The van der Waals surface area contributed by atoms with E-state index in [0.29, 0.717) is 5.92 Å². The average Bonchev–Trinajstić information content (AvgIpc) is 2.52. The average molecular weight is 333 g/mol. The van der Waals surface area contributed by atoms with Crippen LogP contribution in [0.1, 0.15) is 65.5 Å². The normalized spacial score (nSPS) is 18.6. The molecule has 0 bridgehead atoms. The van der Waals surface area contributed by atoms with Crippen molar-refractivity contribution in [1.29, 1.82) is 0 Å². The zero-order chi connectivity index (χ0) is 17.7. The number of ether oxygens (including phenoxy) is 1. The van der Waals surface area contributed by atoms with Crippen molar-refractivity contribution in [2.45, 2.75) is 65.5 Å². The van der Waals surface area contributed by atoms with Gasteiger partial charge in [-0.3, -0.25) is 0 Å². The molecular weight excluding hydrogens is 302 g/mol. The van der Waals surface area contributed by atoms with Crippen LogP contribution in [0.5, 0.6) is 0 Å². The van der Waals surface area contributed by atoms with Crippen molar-refractivity contribution in [2.75, 3.05) is 18.4 Å². The van der Waals surface area contributed by atoms with Gasteiger partial charge in [-0.2, -0.15) is 0 Å². The van der Waals surface area contributed by atoms with Crippen LogP contribution in [0.15, 0.2) is 18.3 Å². The number of anilines is 1. The van der Waals surface area contributed by atoms with E-state index in [1.807, 2.05) is 37.9 Å². The van der Waals surface area contributed by atoms with E-state index >= 15 is 0 Å². The Balaban J connectivity index is 2.08. The fourth-order valence-corrected chi connectivity index (χ4v) is 2.83. The lowest BCUT2D eigenvalue weighted by molar-refractivity contribution is 0.00948. The number of hydrogen-bond acceptors (Lipinski definition) is 4. The van der Waals surface area contributed by atoms with Gasteiger partial charge in [0.15, 0.2) is 0 Å². The number of nitrogens with zero attached hydrogens (tertiary/aromatic N) is 2. The number of piperidine rings is 1. The lowest BCUT2D eigenvalue weighted by atomic mass is 9.97. The molecule has 134 valence electrons. The molecule has 5 nitrogen and oxygen atoms in total. The Morgan fingerprint density at radius 1 is 1.38 bits per heavy atom. The topological polar surface area (TPSA) is 54.5 Å². The number of hydrogen-bond donors (Lipinski definition) is 1. The SMILES string of the molecule is CC(C)CNc1ccc([C@H]2CCCCN2C(=O)OC(C)(C)C)cn1. The van der Waals surface area contributed by atoms with Gasteiger partial charge in [-0.15, -0.1) is 0 Å². The molecule has 1 atom stereocenters. The van der Waals surface area contributed by atoms with Gasteiger partial charge in [0.1, 0.15) is 11.4 Å². The third-order valence-electron chi connectivity index (χ3n) is 3.99. The second-order valence-corrected chi connectivity index (χ2v) is 7.94. The first-order chi connectivity index (χ1) is 11.3. The van der Waals surface area contributed by atoms with Crippen LogP contribution in [0.2, 0.25) is 0 Å². The Hall–Kier alpha value is -1.78. The number of rotatable bonds is 4. The zero-order valence-corrected chi connectivity index (χ0v) is 15.6. The minimum Gasteiger partial charge on any atom is -0.444 e. The summed E-state index contributed by atoms with van der Waals surface area (Å²) in [5.41, 5.74) is 0.609. The van der Waals surface area contributed by atoms with Gasteiger partial charge in [-0.25, -0.2) is 9.78 Å². The number of pyridine rings is 1. The molecule has 1 saturated heterocycles. The smallest absolute Gasteiger partial charge is 0.410 e. The highest BCUT2D eigenvalue weighted by Crippen LogP contribution is 2.32. The van der Waals surface area contributed by atoms with Crippen molar-refractivity contribution < 1.29 is 9.53 Å². The first-order valence-electron chi connectivity index (χ1n) is 8.95. The van der Waals surface area contributed by atoms with Gasteiger partial charge in [-0.1, -0.05) is 19.9 Å². The molecule has 0 aromatic carbocycles. The second kappa shape index (κ2) is 7.86. The molecule has 0 aliphatic carbocycles. The number of likely N-dealkylation sites (tertiary alicyclic amines) is 1. The molecule has 0 radical (unpaired) electrons. The minimum atomic E-state index is -0.470. The predicted octanol–water partition coefficient (Wildman–Crippen LogP) is 4.61. The quantitative estimate of drug-likeness (QED) is 0.874. The summed E-state index contributed by atoms with van der Waals surface area (Å²) in [6.45, 7) is 11.7. The Morgan fingerprint density at radius 3 is 2.71 bits per heavy atom. The van der Waals surface area contributed by atoms with Crippen molar-refractivity contribution in [3.8, 4) is 0 Å². The molecule has 0 spiro atoms. The fourth-order valence-electron chi connectivity index (χ4n) is 2.83. The van der Waals surface area contributed by atoms with Crippen LogP contribution in [0, 0.1) is 5.92 Å². The number of carbonyl (C=O) groups is 1. The highest BCUT2D eigenvalue weighted by Gasteiger charge is 2.31. The van der Waals surface area contributed by atoms with Crippen LogP contribution in [0.25, 0.3) is 0 Å². The molecule has 2 heterocycles. The Bertz CT molecular complexity index is 535. The maximum Gasteiger partial charge on any atom is 0.410 e. The third kappa shape index (κ3) is 5.39. The van der Waals surface area contributed by atoms with Gasteiger partial charge in [0.25, 0.3) is 0 Å². The van der Waals surface area contributed by atoms with E-state index in [2.05, 4.69) is 30.2 Å². The maximum atomic E-state index is 12.5. The van der Waals surface area contributed by atoms with Crippen LogP contribution in [0.4, 0.5) is 10.6 Å². The number of aromatic nitrogens is 1. The van der Waals surface area contributed by atoms with E-state index < -0.39 is 5.60 Å². The molecule has 24 heavy (non-hydrogen) atoms. The molecule has 1 amide bonds. The van der Waals surface area contributed by atoms with Crippen molar-refractivity contribution in [3.05, 3.63) is 23.9 Å². The Kier molecular flexibility index (Phi) is 6.08. The van der Waals surface area contributed by atoms with Crippen LogP contribution < -0.4 is 5.32 Å². The molecule has 0 saturated carbocycles. The summed E-state index contributed by atoms with van der Waals surface area (Å²) in [6.07, 6.45) is 4.76. The van der Waals surface area contributed by atoms with Crippen LogP contribution in [-0.2, 0) is 4.74 Å². The van der Waals surface area contributed by atoms with Crippen molar-refractivity contribution in [3.63, 3.8) is 0 Å². The molecule has 1 fully saturated rings. The molecule has 1 aromatic rings. The van der Waals surface area contributed by atoms with E-state index in [-0.39, 0.29) is 12.1 Å². The highest BCUT2D eigenvalue weighted by molar-refractivity contribution is 5.69. The molecule has 1 aromatic heterocycles. The van der Waals surface area contributed by atoms with E-state index in [1.54, 1.807) is 0 Å². The van der Waals surface area contributed by atoms with Gasteiger partial charge < -0.3 is 15.0 Å². The van der Waals surface area contributed by atoms with Crippen LogP contribution >= 0.6 is 0 Å². The molecular formula is C19H31N3O2. The van der Waals surface area contributed by atoms with E-state index in [4.69, 9.17) is 4.74 Å². The van der Waals surface area contributed by atoms with Crippen LogP contribution in [0.3, 0.4) is 0 Å². The Labute approximate surface area is 145 Å². The van der Waals surface area contributed by atoms with Gasteiger partial charge in [0.2, 0.25) is 0 Å². The predicted molar refractivity (Wildman–Crippen MR) is 97.1 cm³/mol. The highest BCUT2D eigenvalue weighted by atomic mass is 16.6. The third-order valence-corrected chi connectivity index (χ3v) is 3.99. The molecule has 5 heteroatoms. The molecule has 1 aliphatic rings.